The number of aromatic nitrogens is 4. The maximum Gasteiger partial charge on any atom is 0.331 e. The number of hydrogen-bond donors (Lipinski definition) is 2. The van der Waals surface area contributed by atoms with Crippen LogP contribution >= 0.6 is 0 Å². The van der Waals surface area contributed by atoms with Crippen LogP contribution in [0, 0.1) is 5.41 Å². The minimum Gasteiger partial charge on any atom is -0.471 e. The number of likely N-dealkylation sites (N-methyl/N-ethyl adjacent to an activating group) is 1. The highest BCUT2D eigenvalue weighted by molar-refractivity contribution is 6.07. The summed E-state index contributed by atoms with van der Waals surface area (Å²) in [6, 6.07) is -0.228. The number of Topliss-reactive ketones (excluding diaryl/α,β-unsaturated/α-hetero) is 1. The van der Waals surface area contributed by atoms with Crippen LogP contribution in [-0.2, 0) is 9.47 Å². The molecule has 242 valence electrons. The van der Waals surface area contributed by atoms with Crippen molar-refractivity contribution < 1.29 is 24.1 Å². The van der Waals surface area contributed by atoms with E-state index in [9.17, 15) is 14.7 Å². The summed E-state index contributed by atoms with van der Waals surface area (Å²) in [6.45, 7) is 7.83. The van der Waals surface area contributed by atoms with Crippen LogP contribution in [0.25, 0.3) is 11.2 Å². The molecule has 0 bridgehead atoms. The van der Waals surface area contributed by atoms with E-state index in [4.69, 9.17) is 29.9 Å². The van der Waals surface area contributed by atoms with Gasteiger partial charge in [0.1, 0.15) is 6.10 Å². The standard InChI is InChI=1S/C32H48N6O6/c1-19(2)37-24-28(38(30(37)40)21-12-17-43-18-21)34-27(35-29(24)44-20(3)23-11-9-16-36(23)4)25(39)22-10-8-14-31(26(22)33)13-6-7-15-32(31,41)42-5/h19-21,23,41H,6-18,33H2,1-5H3/t20-,21+,23?,31-,32?/m0/s1. The van der Waals surface area contributed by atoms with Gasteiger partial charge in [0.15, 0.2) is 17.0 Å². The first kappa shape index (κ1) is 31.2. The van der Waals surface area contributed by atoms with Crippen molar-refractivity contribution in [1.29, 1.82) is 0 Å². The van der Waals surface area contributed by atoms with Crippen LogP contribution in [-0.4, -0.2) is 86.7 Å². The van der Waals surface area contributed by atoms with Gasteiger partial charge in [0.05, 0.1) is 18.1 Å². The highest BCUT2D eigenvalue weighted by atomic mass is 16.6. The normalized spacial score (nSPS) is 30.6. The molecule has 2 aromatic heterocycles. The Hall–Kier alpha value is -2.80. The highest BCUT2D eigenvalue weighted by Gasteiger charge is 2.56. The Morgan fingerprint density at radius 1 is 1.11 bits per heavy atom. The Kier molecular flexibility index (Phi) is 8.40. The SMILES string of the molecule is COC1(O)CCCC[C@@]12CCCC(C(=O)c1nc(O[C@@H](C)C3CCCN3C)c3c(n1)n([C@@H]1CCOC1)c(=O)n3C(C)C)=C2N. The average molecular weight is 613 g/mol. The molecule has 12 heteroatoms. The molecule has 1 saturated carbocycles. The molecule has 6 rings (SSSR count). The van der Waals surface area contributed by atoms with Crippen molar-refractivity contribution in [3.63, 3.8) is 0 Å². The molecule has 0 radical (unpaired) electrons. The van der Waals surface area contributed by atoms with Gasteiger partial charge in [0.25, 0.3) is 0 Å². The van der Waals surface area contributed by atoms with E-state index < -0.39 is 17.0 Å². The number of nitrogens with zero attached hydrogens (tertiary/aromatic N) is 5. The third-order valence-electron chi connectivity index (χ3n) is 10.7. The molecule has 0 aromatic carbocycles. The van der Waals surface area contributed by atoms with Crippen LogP contribution in [0.4, 0.5) is 0 Å². The summed E-state index contributed by atoms with van der Waals surface area (Å²) in [5.74, 6) is -1.67. The Balaban J connectivity index is 1.52. The molecule has 44 heavy (non-hydrogen) atoms. The van der Waals surface area contributed by atoms with Gasteiger partial charge in [-0.25, -0.2) is 9.78 Å². The van der Waals surface area contributed by atoms with E-state index in [2.05, 4.69) is 11.9 Å². The number of likely N-dealkylation sites (tertiary alicyclic amines) is 1. The predicted octanol–water partition coefficient (Wildman–Crippen LogP) is 3.47. The fraction of sp³-hybridized carbons (Fsp3) is 0.750. The molecule has 2 aromatic rings. The molecule has 0 amide bonds. The molecular formula is C32H48N6O6. The minimum absolute atomic E-state index is 0.0557. The fourth-order valence-electron chi connectivity index (χ4n) is 8.29. The van der Waals surface area contributed by atoms with Crippen LogP contribution in [0.15, 0.2) is 16.1 Å². The third kappa shape index (κ3) is 4.89. The van der Waals surface area contributed by atoms with Gasteiger partial charge in [-0.1, -0.05) is 6.42 Å². The molecule has 2 aliphatic carbocycles. The van der Waals surface area contributed by atoms with Crippen molar-refractivity contribution in [2.45, 2.75) is 115 Å². The van der Waals surface area contributed by atoms with Crippen LogP contribution in [0.2, 0.25) is 0 Å². The lowest BCUT2D eigenvalue weighted by atomic mass is 9.61. The average Bonchev–Trinajstić information content (AvgIpc) is 3.74. The number of imidazole rings is 1. The van der Waals surface area contributed by atoms with E-state index in [0.717, 1.165) is 32.2 Å². The molecular weight excluding hydrogens is 564 g/mol. The second-order valence-electron chi connectivity index (χ2n) is 13.5. The molecule has 2 unspecified atom stereocenters. The first-order valence-corrected chi connectivity index (χ1v) is 16.3. The van der Waals surface area contributed by atoms with Gasteiger partial charge in [0, 0.05) is 43.5 Å². The molecule has 1 spiro atoms. The molecule has 3 fully saturated rings. The van der Waals surface area contributed by atoms with Crippen LogP contribution in [0.5, 0.6) is 5.88 Å². The van der Waals surface area contributed by atoms with Gasteiger partial charge >= 0.3 is 5.69 Å². The van der Waals surface area contributed by atoms with Crippen LogP contribution in [0.3, 0.4) is 0 Å². The molecule has 5 atom stereocenters. The van der Waals surface area contributed by atoms with Crippen molar-refractivity contribution >= 4 is 16.9 Å². The van der Waals surface area contributed by atoms with Crippen LogP contribution in [0.1, 0.15) is 108 Å². The fourth-order valence-corrected chi connectivity index (χ4v) is 8.29. The van der Waals surface area contributed by atoms with E-state index in [1.165, 1.54) is 7.11 Å². The zero-order valence-corrected chi connectivity index (χ0v) is 26.8. The Morgan fingerprint density at radius 3 is 2.52 bits per heavy atom. The van der Waals surface area contributed by atoms with E-state index in [0.29, 0.717) is 74.2 Å². The number of aliphatic hydroxyl groups is 1. The zero-order chi connectivity index (χ0) is 31.4. The van der Waals surface area contributed by atoms with E-state index >= 15 is 0 Å². The first-order chi connectivity index (χ1) is 21.0. The summed E-state index contributed by atoms with van der Waals surface area (Å²) >= 11 is 0. The van der Waals surface area contributed by atoms with Crippen molar-refractivity contribution in [3.8, 4) is 5.88 Å². The van der Waals surface area contributed by atoms with Gasteiger partial charge < -0.3 is 25.1 Å². The molecule has 3 N–H and O–H groups in total. The number of nitrogens with two attached hydrogens (primary N) is 1. The maximum atomic E-state index is 14.4. The highest BCUT2D eigenvalue weighted by Crippen LogP contribution is 2.55. The smallest absolute Gasteiger partial charge is 0.331 e. The zero-order valence-electron chi connectivity index (χ0n) is 26.8. The number of ether oxygens (including phenoxy) is 3. The van der Waals surface area contributed by atoms with E-state index in [1.807, 2.05) is 20.8 Å². The second kappa shape index (κ2) is 11.9. The van der Waals surface area contributed by atoms with Gasteiger partial charge in [0.2, 0.25) is 17.5 Å². The number of hydrogen-bond acceptors (Lipinski definition) is 10. The number of carbonyl (C=O) groups is 1. The summed E-state index contributed by atoms with van der Waals surface area (Å²) in [6.07, 6.45) is 7.07. The number of fused-ring (bicyclic) bond motifs is 1. The summed E-state index contributed by atoms with van der Waals surface area (Å²) in [4.78, 5) is 40.3. The number of methoxy groups -OCH3 is 1. The van der Waals surface area contributed by atoms with Gasteiger partial charge in [-0.15, -0.1) is 0 Å². The van der Waals surface area contributed by atoms with Gasteiger partial charge in [-0.05, 0) is 85.7 Å². The lowest BCUT2D eigenvalue weighted by Crippen LogP contribution is -2.56. The minimum atomic E-state index is -1.44. The Bertz CT molecular complexity index is 1510. The van der Waals surface area contributed by atoms with Gasteiger partial charge in [-0.3, -0.25) is 18.8 Å². The van der Waals surface area contributed by atoms with Crippen LogP contribution < -0.4 is 16.2 Å². The largest absolute Gasteiger partial charge is 0.471 e. The quantitative estimate of drug-likeness (QED) is 0.336. The lowest BCUT2D eigenvalue weighted by Gasteiger charge is -2.51. The summed E-state index contributed by atoms with van der Waals surface area (Å²) < 4.78 is 21.3. The number of carbonyl (C=O) groups excluding carboxylic acids is 1. The van der Waals surface area contributed by atoms with Gasteiger partial charge in [-0.2, -0.15) is 4.98 Å². The third-order valence-corrected chi connectivity index (χ3v) is 10.7. The van der Waals surface area contributed by atoms with Crippen molar-refractivity contribution in [3.05, 3.63) is 27.6 Å². The second-order valence-corrected chi connectivity index (χ2v) is 13.5. The summed E-state index contributed by atoms with van der Waals surface area (Å²) in [5, 5.41) is 11.6. The number of allylic oxidation sites excluding steroid dienone is 1. The van der Waals surface area contributed by atoms with Crippen molar-refractivity contribution in [2.24, 2.45) is 11.1 Å². The Morgan fingerprint density at radius 2 is 1.86 bits per heavy atom. The lowest BCUT2D eigenvalue weighted by molar-refractivity contribution is -0.269. The van der Waals surface area contributed by atoms with E-state index in [1.54, 1.807) is 9.13 Å². The van der Waals surface area contributed by atoms with E-state index in [-0.39, 0.29) is 41.6 Å². The number of ketones is 1. The van der Waals surface area contributed by atoms with Crippen molar-refractivity contribution in [1.82, 2.24) is 24.0 Å². The monoisotopic (exact) mass is 612 g/mol. The summed E-state index contributed by atoms with van der Waals surface area (Å²) in [5.41, 5.74) is 7.42. The Labute approximate surface area is 258 Å². The molecule has 2 saturated heterocycles. The first-order valence-electron chi connectivity index (χ1n) is 16.3. The molecule has 12 nitrogen and oxygen atoms in total. The summed E-state index contributed by atoms with van der Waals surface area (Å²) in [7, 11) is 3.59. The number of rotatable bonds is 8. The molecule has 4 heterocycles. The molecule has 2 aliphatic heterocycles. The maximum absolute atomic E-state index is 14.4. The predicted molar refractivity (Wildman–Crippen MR) is 165 cm³/mol. The van der Waals surface area contributed by atoms with Crippen molar-refractivity contribution in [2.75, 3.05) is 33.9 Å². The molecule has 4 aliphatic rings. The topological polar surface area (TPSA) is 147 Å².